The van der Waals surface area contributed by atoms with Crippen LogP contribution in [-0.2, 0) is 48.2 Å². The van der Waals surface area contributed by atoms with Gasteiger partial charge in [-0.2, -0.15) is 17.2 Å². The Bertz CT molecular complexity index is 1180. The topological polar surface area (TPSA) is 160 Å². The van der Waals surface area contributed by atoms with Gasteiger partial charge in [-0.05, 0) is 57.8 Å². The lowest BCUT2D eigenvalue weighted by Crippen LogP contribution is -2.49. The van der Waals surface area contributed by atoms with E-state index in [9.17, 15) is 36.4 Å². The molecular formula is C27H36F2O11S. The summed E-state index contributed by atoms with van der Waals surface area (Å²) in [4.78, 5) is 51.1. The number of halogens is 2. The van der Waals surface area contributed by atoms with Gasteiger partial charge in [-0.1, -0.05) is 19.3 Å². The molecule has 4 saturated carbocycles. The average Bonchev–Trinajstić information content (AvgIpc) is 3.67. The fraction of sp³-hybridized carbons (Fsp3) is 0.852. The minimum Gasteiger partial charge on any atom is -0.459 e. The molecule has 41 heavy (non-hydrogen) atoms. The fourth-order valence-corrected chi connectivity index (χ4v) is 8.35. The summed E-state index contributed by atoms with van der Waals surface area (Å²) in [6.45, 7) is 0.591. The first-order valence-electron chi connectivity index (χ1n) is 14.4. The molecule has 0 aromatic rings. The van der Waals surface area contributed by atoms with Gasteiger partial charge < -0.3 is 18.9 Å². The quantitative estimate of drug-likeness (QED) is 0.221. The molecule has 0 radical (unpaired) electrons. The third-order valence-corrected chi connectivity index (χ3v) is 10.9. The van der Waals surface area contributed by atoms with Crippen molar-refractivity contribution >= 4 is 34.0 Å². The molecule has 5 aliphatic rings. The molecule has 11 nitrogen and oxygen atoms in total. The van der Waals surface area contributed by atoms with Gasteiger partial charge in [0.15, 0.2) is 6.10 Å². The van der Waals surface area contributed by atoms with E-state index in [4.69, 9.17) is 18.8 Å². The summed E-state index contributed by atoms with van der Waals surface area (Å²) in [6, 6.07) is 0. The molecular weight excluding hydrogens is 570 g/mol. The monoisotopic (exact) mass is 606 g/mol. The highest BCUT2D eigenvalue weighted by atomic mass is 32.2. The van der Waals surface area contributed by atoms with E-state index in [0.29, 0.717) is 19.3 Å². The van der Waals surface area contributed by atoms with Crippen molar-refractivity contribution in [1.82, 2.24) is 0 Å². The number of esters is 4. The van der Waals surface area contributed by atoms with Gasteiger partial charge >= 0.3 is 39.2 Å². The van der Waals surface area contributed by atoms with Crippen molar-refractivity contribution in [3.05, 3.63) is 0 Å². The Kier molecular flexibility index (Phi) is 8.12. The predicted octanol–water partition coefficient (Wildman–Crippen LogP) is 3.33. The third-order valence-electron chi connectivity index (χ3n) is 9.85. The normalized spacial score (nSPS) is 33.3. The minimum absolute atomic E-state index is 0.294. The van der Waals surface area contributed by atoms with Crippen LogP contribution in [0, 0.1) is 29.6 Å². The zero-order valence-electron chi connectivity index (χ0n) is 22.8. The molecule has 0 spiro atoms. The smallest absolute Gasteiger partial charge is 0.405 e. The van der Waals surface area contributed by atoms with Crippen LogP contribution in [0.25, 0.3) is 0 Å². The number of hydrogen-bond acceptors (Lipinski definition) is 10. The summed E-state index contributed by atoms with van der Waals surface area (Å²) in [5, 5.41) is -4.73. The highest BCUT2D eigenvalue weighted by molar-refractivity contribution is 7.86. The van der Waals surface area contributed by atoms with Crippen LogP contribution in [0.1, 0.15) is 84.0 Å². The maximum Gasteiger partial charge on any atom is 0.405 e. The van der Waals surface area contributed by atoms with Crippen molar-refractivity contribution in [2.75, 3.05) is 0 Å². The van der Waals surface area contributed by atoms with Gasteiger partial charge in [-0.15, -0.1) is 0 Å². The summed E-state index contributed by atoms with van der Waals surface area (Å²) < 4.78 is 79.4. The van der Waals surface area contributed by atoms with Gasteiger partial charge in [0.2, 0.25) is 0 Å². The van der Waals surface area contributed by atoms with E-state index in [1.807, 2.05) is 0 Å². The van der Waals surface area contributed by atoms with Crippen LogP contribution in [0.3, 0.4) is 0 Å². The first-order chi connectivity index (χ1) is 19.2. The summed E-state index contributed by atoms with van der Waals surface area (Å²) in [5.74, 6) is -5.13. The number of ether oxygens (including phenoxy) is 4. The van der Waals surface area contributed by atoms with Crippen molar-refractivity contribution in [2.45, 2.75) is 113 Å². The number of fused-ring (bicyclic) bond motifs is 1. The first-order valence-corrected chi connectivity index (χ1v) is 15.9. The molecule has 5 rings (SSSR count). The van der Waals surface area contributed by atoms with Crippen molar-refractivity contribution in [3.8, 4) is 0 Å². The standard InChI is InChI=1S/C27H36F2O11S/c1-14(27(28,29)41(34,35)36)37-18(30)9-10-19(31)38-22-17-13-16-20(24(32)39-23(16)22)21(17)25(33)40-26(11-5-2-6-12-26)15-7-3-4-8-15/h14-17,20-23H,2-13H2,1H3,(H,34,35,36). The molecule has 0 aromatic carbocycles. The molecule has 2 bridgehead atoms. The average molecular weight is 607 g/mol. The molecule has 5 fully saturated rings. The minimum atomic E-state index is -5.82. The lowest BCUT2D eigenvalue weighted by atomic mass is 9.74. The Balaban J connectivity index is 1.21. The number of carbonyl (C=O) groups excluding carboxylic acids is 4. The summed E-state index contributed by atoms with van der Waals surface area (Å²) in [6.07, 6.45) is 3.87. The van der Waals surface area contributed by atoms with E-state index >= 15 is 0 Å². The lowest BCUT2D eigenvalue weighted by Gasteiger charge is -2.43. The molecule has 7 atom stereocenters. The van der Waals surface area contributed by atoms with Gasteiger partial charge in [0.05, 0.1) is 24.7 Å². The Morgan fingerprint density at radius 2 is 1.68 bits per heavy atom. The van der Waals surface area contributed by atoms with Gasteiger partial charge in [0.1, 0.15) is 17.8 Å². The van der Waals surface area contributed by atoms with Crippen molar-refractivity contribution in [3.63, 3.8) is 0 Å². The Morgan fingerprint density at radius 1 is 1.05 bits per heavy atom. The van der Waals surface area contributed by atoms with E-state index in [0.717, 1.165) is 57.8 Å². The molecule has 0 amide bonds. The van der Waals surface area contributed by atoms with E-state index in [1.165, 1.54) is 0 Å². The van der Waals surface area contributed by atoms with Crippen molar-refractivity contribution in [1.29, 1.82) is 0 Å². The SMILES string of the molecule is CC(OC(=O)CCC(=O)OC1C2CC3C1OC(=O)C3C2C(=O)OC1(C2CCCC2)CCCCC1)C(F)(F)S(=O)(=O)O. The summed E-state index contributed by atoms with van der Waals surface area (Å²) in [7, 11) is -5.82. The van der Waals surface area contributed by atoms with Crippen LogP contribution >= 0.6 is 0 Å². The summed E-state index contributed by atoms with van der Waals surface area (Å²) in [5.41, 5.74) is -0.536. The van der Waals surface area contributed by atoms with Crippen LogP contribution in [0.5, 0.6) is 0 Å². The Morgan fingerprint density at radius 3 is 2.32 bits per heavy atom. The van der Waals surface area contributed by atoms with Crippen molar-refractivity contribution in [2.24, 2.45) is 29.6 Å². The molecule has 1 heterocycles. The molecule has 0 aromatic heterocycles. The zero-order valence-corrected chi connectivity index (χ0v) is 23.6. The number of rotatable bonds is 10. The molecule has 7 unspecified atom stereocenters. The van der Waals surface area contributed by atoms with Crippen molar-refractivity contribution < 1.29 is 59.9 Å². The first kappa shape index (κ1) is 30.1. The maximum atomic E-state index is 13.7. The number of carbonyl (C=O) groups is 4. The van der Waals surface area contributed by atoms with E-state index in [1.54, 1.807) is 0 Å². The highest BCUT2D eigenvalue weighted by Gasteiger charge is 2.70. The summed E-state index contributed by atoms with van der Waals surface area (Å²) >= 11 is 0. The number of hydrogen-bond donors (Lipinski definition) is 1. The number of alkyl halides is 2. The Hall–Kier alpha value is -2.35. The zero-order chi connectivity index (χ0) is 29.7. The van der Waals surface area contributed by atoms with Crippen LogP contribution in [-0.4, -0.2) is 66.0 Å². The lowest BCUT2D eigenvalue weighted by molar-refractivity contribution is -0.184. The van der Waals surface area contributed by atoms with Crippen LogP contribution in [0.2, 0.25) is 0 Å². The van der Waals surface area contributed by atoms with Gasteiger partial charge in [0, 0.05) is 11.8 Å². The molecule has 230 valence electrons. The van der Waals surface area contributed by atoms with E-state index in [2.05, 4.69) is 4.74 Å². The van der Waals surface area contributed by atoms with Crippen LogP contribution in [0.15, 0.2) is 0 Å². The largest absolute Gasteiger partial charge is 0.459 e. The second-order valence-electron chi connectivity index (χ2n) is 12.2. The maximum absolute atomic E-state index is 13.7. The van der Waals surface area contributed by atoms with Gasteiger partial charge in [0.25, 0.3) is 0 Å². The van der Waals surface area contributed by atoms with E-state index < -0.39 is 93.8 Å². The fourth-order valence-electron chi connectivity index (χ4n) is 7.88. The third kappa shape index (κ3) is 5.46. The molecule has 1 N–H and O–H groups in total. The highest BCUT2D eigenvalue weighted by Crippen LogP contribution is 2.59. The van der Waals surface area contributed by atoms with Crippen LogP contribution in [0.4, 0.5) is 8.78 Å². The second-order valence-corrected chi connectivity index (χ2v) is 13.7. The molecule has 4 aliphatic carbocycles. The predicted molar refractivity (Wildman–Crippen MR) is 133 cm³/mol. The van der Waals surface area contributed by atoms with E-state index in [-0.39, 0.29) is 5.92 Å². The van der Waals surface area contributed by atoms with Crippen LogP contribution < -0.4 is 0 Å². The van der Waals surface area contributed by atoms with Gasteiger partial charge in [-0.25, -0.2) is 0 Å². The van der Waals surface area contributed by atoms with Gasteiger partial charge in [-0.3, -0.25) is 23.7 Å². The second kappa shape index (κ2) is 11.1. The molecule has 1 aliphatic heterocycles. The molecule has 14 heteroatoms. The molecule has 1 saturated heterocycles. The Labute approximate surface area is 236 Å².